The molecule has 1 amide bonds. The standard InChI is InChI=1S/C18H21N5OS/c1-3-13-5-4-6-15-16(13)20-18(25-15)23-9-7-22(8-10-23)17(24)14-11-19-12-21(14)2/h4-6,11-12H,3,7-10H2,1-2H3. The first-order valence-corrected chi connectivity index (χ1v) is 9.38. The van der Waals surface area contributed by atoms with Crippen LogP contribution >= 0.6 is 11.3 Å². The molecule has 6 nitrogen and oxygen atoms in total. The number of para-hydroxylation sites is 1. The minimum absolute atomic E-state index is 0.0530. The molecule has 1 fully saturated rings. The van der Waals surface area contributed by atoms with E-state index in [9.17, 15) is 4.79 Å². The Labute approximate surface area is 150 Å². The van der Waals surface area contributed by atoms with E-state index in [1.165, 1.54) is 10.3 Å². The molecular formula is C18H21N5OS. The second kappa shape index (κ2) is 6.48. The van der Waals surface area contributed by atoms with Crippen molar-refractivity contribution < 1.29 is 4.79 Å². The zero-order chi connectivity index (χ0) is 17.4. The Balaban J connectivity index is 1.49. The van der Waals surface area contributed by atoms with Crippen molar-refractivity contribution in [1.29, 1.82) is 0 Å². The number of rotatable bonds is 3. The van der Waals surface area contributed by atoms with Crippen molar-refractivity contribution in [2.75, 3.05) is 31.1 Å². The van der Waals surface area contributed by atoms with E-state index in [0.29, 0.717) is 18.8 Å². The summed E-state index contributed by atoms with van der Waals surface area (Å²) in [6, 6.07) is 6.39. The highest BCUT2D eigenvalue weighted by atomic mass is 32.1. The summed E-state index contributed by atoms with van der Waals surface area (Å²) in [6.45, 7) is 5.20. The van der Waals surface area contributed by atoms with Gasteiger partial charge < -0.3 is 14.4 Å². The predicted octanol–water partition coefficient (Wildman–Crippen LogP) is 2.55. The highest BCUT2D eigenvalue weighted by molar-refractivity contribution is 7.22. The van der Waals surface area contributed by atoms with E-state index in [2.05, 4.69) is 35.0 Å². The van der Waals surface area contributed by atoms with Crippen LogP contribution in [0.5, 0.6) is 0 Å². The average Bonchev–Trinajstić information content (AvgIpc) is 3.27. The Kier molecular flexibility index (Phi) is 4.17. The van der Waals surface area contributed by atoms with Gasteiger partial charge in [-0.05, 0) is 18.1 Å². The molecule has 0 spiro atoms. The molecule has 0 aliphatic carbocycles. The lowest BCUT2D eigenvalue weighted by Gasteiger charge is -2.34. The smallest absolute Gasteiger partial charge is 0.272 e. The summed E-state index contributed by atoms with van der Waals surface area (Å²) in [5, 5.41) is 1.06. The highest BCUT2D eigenvalue weighted by Crippen LogP contribution is 2.31. The third-order valence-electron chi connectivity index (χ3n) is 4.75. The number of anilines is 1. The largest absolute Gasteiger partial charge is 0.345 e. The van der Waals surface area contributed by atoms with Crippen molar-refractivity contribution in [3.63, 3.8) is 0 Å². The van der Waals surface area contributed by atoms with Crippen molar-refractivity contribution in [2.24, 2.45) is 7.05 Å². The van der Waals surface area contributed by atoms with Crippen molar-refractivity contribution in [3.05, 3.63) is 42.0 Å². The van der Waals surface area contributed by atoms with Crippen LogP contribution in [-0.2, 0) is 13.5 Å². The lowest BCUT2D eigenvalue weighted by Crippen LogP contribution is -2.49. The van der Waals surface area contributed by atoms with Gasteiger partial charge in [0, 0.05) is 33.2 Å². The van der Waals surface area contributed by atoms with Crippen molar-refractivity contribution in [3.8, 4) is 0 Å². The second-order valence-electron chi connectivity index (χ2n) is 6.28. The molecule has 1 saturated heterocycles. The summed E-state index contributed by atoms with van der Waals surface area (Å²) in [5.41, 5.74) is 3.06. The van der Waals surface area contributed by atoms with Crippen molar-refractivity contribution in [1.82, 2.24) is 19.4 Å². The normalized spacial score (nSPS) is 15.1. The van der Waals surface area contributed by atoms with Crippen LogP contribution in [0.25, 0.3) is 10.2 Å². The van der Waals surface area contributed by atoms with Crippen LogP contribution in [0.4, 0.5) is 5.13 Å². The molecule has 0 bridgehead atoms. The Hall–Kier alpha value is -2.41. The zero-order valence-electron chi connectivity index (χ0n) is 14.5. The van der Waals surface area contributed by atoms with Crippen LogP contribution in [-0.4, -0.2) is 51.5 Å². The summed E-state index contributed by atoms with van der Waals surface area (Å²) >= 11 is 1.74. The van der Waals surface area contributed by atoms with Gasteiger partial charge in [-0.15, -0.1) is 0 Å². The van der Waals surface area contributed by atoms with Gasteiger partial charge in [-0.25, -0.2) is 9.97 Å². The number of amides is 1. The lowest BCUT2D eigenvalue weighted by molar-refractivity contribution is 0.0737. The van der Waals surface area contributed by atoms with E-state index in [4.69, 9.17) is 4.98 Å². The third kappa shape index (κ3) is 2.89. The minimum Gasteiger partial charge on any atom is -0.345 e. The number of benzene rings is 1. The molecule has 3 aromatic rings. The number of nitrogens with zero attached hydrogens (tertiary/aromatic N) is 5. The van der Waals surface area contributed by atoms with Crippen LogP contribution in [0.1, 0.15) is 23.0 Å². The molecule has 3 heterocycles. The predicted molar refractivity (Wildman–Crippen MR) is 100 cm³/mol. The van der Waals surface area contributed by atoms with E-state index in [1.807, 2.05) is 11.9 Å². The molecule has 25 heavy (non-hydrogen) atoms. The first kappa shape index (κ1) is 16.1. The van der Waals surface area contributed by atoms with Crippen LogP contribution in [0.3, 0.4) is 0 Å². The average molecular weight is 355 g/mol. The molecule has 130 valence electrons. The first-order valence-electron chi connectivity index (χ1n) is 8.56. The molecule has 2 aromatic heterocycles. The van der Waals surface area contributed by atoms with Crippen molar-refractivity contribution in [2.45, 2.75) is 13.3 Å². The number of aryl methyl sites for hydroxylation is 2. The Morgan fingerprint density at radius 3 is 2.72 bits per heavy atom. The number of hydrogen-bond acceptors (Lipinski definition) is 5. The van der Waals surface area contributed by atoms with Gasteiger partial charge in [0.25, 0.3) is 5.91 Å². The van der Waals surface area contributed by atoms with Gasteiger partial charge in [-0.3, -0.25) is 4.79 Å². The van der Waals surface area contributed by atoms with Gasteiger partial charge in [0.15, 0.2) is 5.13 Å². The fourth-order valence-electron chi connectivity index (χ4n) is 3.24. The molecule has 0 N–H and O–H groups in total. The van der Waals surface area contributed by atoms with Gasteiger partial charge in [0.1, 0.15) is 5.69 Å². The molecule has 1 aliphatic rings. The number of piperazine rings is 1. The van der Waals surface area contributed by atoms with E-state index in [-0.39, 0.29) is 5.91 Å². The number of aromatic nitrogens is 3. The first-order chi connectivity index (χ1) is 12.2. The van der Waals surface area contributed by atoms with E-state index < -0.39 is 0 Å². The number of carbonyl (C=O) groups excluding carboxylic acids is 1. The molecule has 0 unspecified atom stereocenters. The van der Waals surface area contributed by atoms with Crippen LogP contribution in [0.15, 0.2) is 30.7 Å². The minimum atomic E-state index is 0.0530. The van der Waals surface area contributed by atoms with Gasteiger partial charge in [0.2, 0.25) is 0 Å². The van der Waals surface area contributed by atoms with Gasteiger partial charge in [0.05, 0.1) is 22.7 Å². The maximum Gasteiger partial charge on any atom is 0.272 e. The van der Waals surface area contributed by atoms with E-state index in [1.54, 1.807) is 28.4 Å². The molecule has 7 heteroatoms. The molecule has 1 aromatic carbocycles. The third-order valence-corrected chi connectivity index (χ3v) is 5.83. The topological polar surface area (TPSA) is 54.3 Å². The molecule has 4 rings (SSSR count). The molecule has 0 saturated carbocycles. The van der Waals surface area contributed by atoms with Crippen LogP contribution < -0.4 is 4.90 Å². The number of carbonyl (C=O) groups is 1. The quantitative estimate of drug-likeness (QED) is 0.725. The Morgan fingerprint density at radius 2 is 2.04 bits per heavy atom. The molecule has 0 atom stereocenters. The van der Waals surface area contributed by atoms with Gasteiger partial charge >= 0.3 is 0 Å². The monoisotopic (exact) mass is 355 g/mol. The summed E-state index contributed by atoms with van der Waals surface area (Å²) in [5.74, 6) is 0.0530. The second-order valence-corrected chi connectivity index (χ2v) is 7.29. The zero-order valence-corrected chi connectivity index (χ0v) is 15.3. The van der Waals surface area contributed by atoms with Crippen molar-refractivity contribution >= 4 is 32.6 Å². The van der Waals surface area contributed by atoms with E-state index >= 15 is 0 Å². The fraction of sp³-hybridized carbons (Fsp3) is 0.389. The van der Waals surface area contributed by atoms with Gasteiger partial charge in [-0.2, -0.15) is 0 Å². The highest BCUT2D eigenvalue weighted by Gasteiger charge is 2.25. The summed E-state index contributed by atoms with van der Waals surface area (Å²) in [4.78, 5) is 25.7. The summed E-state index contributed by atoms with van der Waals surface area (Å²) in [6.07, 6.45) is 4.29. The Bertz CT molecular complexity index is 907. The summed E-state index contributed by atoms with van der Waals surface area (Å²) < 4.78 is 3.01. The molecular weight excluding hydrogens is 334 g/mol. The lowest BCUT2D eigenvalue weighted by atomic mass is 10.1. The number of imidazole rings is 1. The summed E-state index contributed by atoms with van der Waals surface area (Å²) in [7, 11) is 1.85. The molecule has 0 radical (unpaired) electrons. The van der Waals surface area contributed by atoms with Gasteiger partial charge in [-0.1, -0.05) is 30.4 Å². The number of hydrogen-bond donors (Lipinski definition) is 0. The van der Waals surface area contributed by atoms with Crippen LogP contribution in [0, 0.1) is 0 Å². The fourth-order valence-corrected chi connectivity index (χ4v) is 4.31. The number of thiazole rings is 1. The maximum atomic E-state index is 12.6. The number of fused-ring (bicyclic) bond motifs is 1. The maximum absolute atomic E-state index is 12.6. The SMILES string of the molecule is CCc1cccc2sc(N3CCN(C(=O)c4cncn4C)CC3)nc12. The molecule has 1 aliphatic heterocycles. The Morgan fingerprint density at radius 1 is 1.24 bits per heavy atom. The van der Waals surface area contributed by atoms with Crippen LogP contribution in [0.2, 0.25) is 0 Å². The van der Waals surface area contributed by atoms with E-state index in [0.717, 1.165) is 30.2 Å².